The number of aromatic hydroxyl groups is 1. The summed E-state index contributed by atoms with van der Waals surface area (Å²) in [5.41, 5.74) is 1.80. The molecule has 0 bridgehead atoms. The molecule has 2 aromatic rings. The van der Waals surface area contributed by atoms with Crippen LogP contribution in [0.1, 0.15) is 15.9 Å². The molecule has 0 atom stereocenters. The van der Waals surface area contributed by atoms with Crippen molar-refractivity contribution in [2.45, 2.75) is 6.92 Å². The fraction of sp³-hybridized carbons (Fsp3) is 0.167. The molecule has 2 N–H and O–H groups in total. The van der Waals surface area contributed by atoms with Crippen LogP contribution in [0.2, 0.25) is 0 Å². The van der Waals surface area contributed by atoms with E-state index in [4.69, 9.17) is 0 Å². The van der Waals surface area contributed by atoms with Gasteiger partial charge in [0.25, 0.3) is 5.91 Å². The Kier molecular flexibility index (Phi) is 2.82. The molecule has 0 unspecified atom stereocenters. The monoisotopic (exact) mass is 231 g/mol. The van der Waals surface area contributed by atoms with E-state index in [-0.39, 0.29) is 11.7 Å². The number of nitrogens with one attached hydrogen (secondary N) is 1. The van der Waals surface area contributed by atoms with Gasteiger partial charge in [0.2, 0.25) is 0 Å². The topological polar surface area (TPSA) is 67.2 Å². The summed E-state index contributed by atoms with van der Waals surface area (Å²) in [7, 11) is 1.74. The molecule has 1 heterocycles. The van der Waals surface area contributed by atoms with E-state index < -0.39 is 0 Å². The summed E-state index contributed by atoms with van der Waals surface area (Å²) in [5, 5.41) is 16.1. The summed E-state index contributed by atoms with van der Waals surface area (Å²) in [6, 6.07) is 5.00. The number of nitrogens with zero attached hydrogens (tertiary/aromatic N) is 2. The predicted molar refractivity (Wildman–Crippen MR) is 64.0 cm³/mol. The molecule has 0 radical (unpaired) electrons. The number of phenolic OH excluding ortho intramolecular Hbond substituents is 1. The highest BCUT2D eigenvalue weighted by Crippen LogP contribution is 2.21. The molecule has 88 valence electrons. The number of carbonyl (C=O) groups is 1. The maximum Gasteiger partial charge on any atom is 0.258 e. The number of rotatable bonds is 2. The van der Waals surface area contributed by atoms with Crippen LogP contribution in [-0.4, -0.2) is 20.8 Å². The highest BCUT2D eigenvalue weighted by molar-refractivity contribution is 6.04. The van der Waals surface area contributed by atoms with Crippen molar-refractivity contribution in [1.29, 1.82) is 0 Å². The van der Waals surface area contributed by atoms with Crippen LogP contribution in [0.25, 0.3) is 0 Å². The van der Waals surface area contributed by atoms with Crippen LogP contribution in [0.15, 0.2) is 30.6 Å². The third-order valence-electron chi connectivity index (χ3n) is 2.43. The van der Waals surface area contributed by atoms with Crippen molar-refractivity contribution in [3.63, 3.8) is 0 Å². The Morgan fingerprint density at radius 3 is 2.82 bits per heavy atom. The smallest absolute Gasteiger partial charge is 0.258 e. The van der Waals surface area contributed by atoms with Crippen molar-refractivity contribution >= 4 is 11.6 Å². The van der Waals surface area contributed by atoms with Crippen molar-refractivity contribution < 1.29 is 9.90 Å². The Morgan fingerprint density at radius 1 is 1.47 bits per heavy atom. The SMILES string of the molecule is Cc1ccc(NC(=O)c2cnn(C)c2)cc1O. The summed E-state index contributed by atoms with van der Waals surface area (Å²) in [6.07, 6.45) is 3.12. The number of phenols is 1. The fourth-order valence-corrected chi connectivity index (χ4v) is 1.43. The second-order valence-corrected chi connectivity index (χ2v) is 3.86. The first-order chi connectivity index (χ1) is 8.06. The lowest BCUT2D eigenvalue weighted by atomic mass is 10.2. The summed E-state index contributed by atoms with van der Waals surface area (Å²) in [4.78, 5) is 11.8. The molecule has 1 aromatic carbocycles. The van der Waals surface area contributed by atoms with Gasteiger partial charge in [-0.15, -0.1) is 0 Å². The van der Waals surface area contributed by atoms with Gasteiger partial charge in [-0.25, -0.2) is 0 Å². The van der Waals surface area contributed by atoms with Gasteiger partial charge in [-0.1, -0.05) is 6.07 Å². The first kappa shape index (κ1) is 11.2. The van der Waals surface area contributed by atoms with Crippen LogP contribution < -0.4 is 5.32 Å². The van der Waals surface area contributed by atoms with E-state index in [2.05, 4.69) is 10.4 Å². The lowest BCUT2D eigenvalue weighted by Gasteiger charge is -2.05. The first-order valence-corrected chi connectivity index (χ1v) is 5.16. The van der Waals surface area contributed by atoms with Crippen molar-refractivity contribution in [3.05, 3.63) is 41.7 Å². The molecular weight excluding hydrogens is 218 g/mol. The van der Waals surface area contributed by atoms with E-state index in [1.54, 1.807) is 37.0 Å². The molecule has 2 rings (SSSR count). The molecule has 5 nitrogen and oxygen atoms in total. The maximum atomic E-state index is 11.8. The van der Waals surface area contributed by atoms with Crippen molar-refractivity contribution in [3.8, 4) is 5.75 Å². The van der Waals surface area contributed by atoms with Crippen LogP contribution in [-0.2, 0) is 7.05 Å². The van der Waals surface area contributed by atoms with Gasteiger partial charge in [-0.2, -0.15) is 5.10 Å². The number of amides is 1. The van der Waals surface area contributed by atoms with Gasteiger partial charge in [-0.05, 0) is 18.6 Å². The Hall–Kier alpha value is -2.30. The number of carbonyl (C=O) groups excluding carboxylic acids is 1. The lowest BCUT2D eigenvalue weighted by Crippen LogP contribution is -2.10. The van der Waals surface area contributed by atoms with Gasteiger partial charge < -0.3 is 10.4 Å². The number of hydrogen-bond acceptors (Lipinski definition) is 3. The summed E-state index contributed by atoms with van der Waals surface area (Å²) < 4.78 is 1.56. The van der Waals surface area contributed by atoms with Crippen LogP contribution in [0.5, 0.6) is 5.75 Å². The summed E-state index contributed by atoms with van der Waals surface area (Å²) >= 11 is 0. The quantitative estimate of drug-likeness (QED) is 0.826. The Morgan fingerprint density at radius 2 is 2.24 bits per heavy atom. The molecule has 0 spiro atoms. The maximum absolute atomic E-state index is 11.8. The van der Waals surface area contributed by atoms with Crippen molar-refractivity contribution in [1.82, 2.24) is 9.78 Å². The highest BCUT2D eigenvalue weighted by atomic mass is 16.3. The fourth-order valence-electron chi connectivity index (χ4n) is 1.43. The van der Waals surface area contributed by atoms with E-state index in [1.807, 2.05) is 0 Å². The molecule has 0 fully saturated rings. The molecule has 0 saturated heterocycles. The largest absolute Gasteiger partial charge is 0.508 e. The molecule has 0 aliphatic carbocycles. The van der Waals surface area contributed by atoms with E-state index in [0.29, 0.717) is 11.3 Å². The van der Waals surface area contributed by atoms with Gasteiger partial charge in [-0.3, -0.25) is 9.48 Å². The number of hydrogen-bond donors (Lipinski definition) is 2. The minimum absolute atomic E-state index is 0.161. The van der Waals surface area contributed by atoms with Gasteiger partial charge in [0.1, 0.15) is 5.75 Å². The van der Waals surface area contributed by atoms with Gasteiger partial charge in [0, 0.05) is 25.0 Å². The lowest BCUT2D eigenvalue weighted by molar-refractivity contribution is 0.102. The Labute approximate surface area is 98.7 Å². The molecule has 1 aromatic heterocycles. The van der Waals surface area contributed by atoms with Crippen molar-refractivity contribution in [2.24, 2.45) is 7.05 Å². The average Bonchev–Trinajstić information content (AvgIpc) is 2.70. The van der Waals surface area contributed by atoms with E-state index in [1.165, 1.54) is 12.3 Å². The number of anilines is 1. The second-order valence-electron chi connectivity index (χ2n) is 3.86. The van der Waals surface area contributed by atoms with Crippen LogP contribution in [0.3, 0.4) is 0 Å². The third-order valence-corrected chi connectivity index (χ3v) is 2.43. The predicted octanol–water partition coefficient (Wildman–Crippen LogP) is 1.69. The summed E-state index contributed by atoms with van der Waals surface area (Å²) in [6.45, 7) is 1.79. The van der Waals surface area contributed by atoms with Gasteiger partial charge in [0.05, 0.1) is 11.8 Å². The van der Waals surface area contributed by atoms with Crippen LogP contribution >= 0.6 is 0 Å². The van der Waals surface area contributed by atoms with E-state index in [9.17, 15) is 9.90 Å². The number of aryl methyl sites for hydroxylation is 2. The molecule has 0 aliphatic heterocycles. The third kappa shape index (κ3) is 2.44. The van der Waals surface area contributed by atoms with E-state index in [0.717, 1.165) is 5.56 Å². The normalized spacial score (nSPS) is 10.2. The Balaban J connectivity index is 2.15. The Bertz CT molecular complexity index is 561. The minimum atomic E-state index is -0.249. The summed E-state index contributed by atoms with van der Waals surface area (Å²) in [5.74, 6) is -0.0876. The van der Waals surface area contributed by atoms with Gasteiger partial charge >= 0.3 is 0 Å². The molecule has 5 heteroatoms. The van der Waals surface area contributed by atoms with Gasteiger partial charge in [0.15, 0.2) is 0 Å². The minimum Gasteiger partial charge on any atom is -0.508 e. The van der Waals surface area contributed by atoms with Crippen molar-refractivity contribution in [2.75, 3.05) is 5.32 Å². The van der Waals surface area contributed by atoms with Crippen LogP contribution in [0, 0.1) is 6.92 Å². The first-order valence-electron chi connectivity index (χ1n) is 5.16. The molecular formula is C12H13N3O2. The zero-order valence-electron chi connectivity index (χ0n) is 9.64. The zero-order chi connectivity index (χ0) is 12.4. The second kappa shape index (κ2) is 4.29. The van der Waals surface area contributed by atoms with E-state index >= 15 is 0 Å². The van der Waals surface area contributed by atoms with Crippen LogP contribution in [0.4, 0.5) is 5.69 Å². The number of aromatic nitrogens is 2. The number of benzene rings is 1. The molecule has 0 saturated carbocycles. The highest BCUT2D eigenvalue weighted by Gasteiger charge is 2.08. The molecule has 1 amide bonds. The standard InChI is InChI=1S/C12H13N3O2/c1-8-3-4-10(5-11(8)16)14-12(17)9-6-13-15(2)7-9/h3-7,16H,1-2H3,(H,14,17). The molecule has 0 aliphatic rings. The molecule has 17 heavy (non-hydrogen) atoms. The zero-order valence-corrected chi connectivity index (χ0v) is 9.64. The average molecular weight is 231 g/mol.